The Balaban J connectivity index is 1.18. The molecule has 1 fully saturated rings. The zero-order valence-corrected chi connectivity index (χ0v) is 34.5. The number of halogens is 1. The SMILES string of the molecule is CCCCCCCCCCCCCCCCCCOC[C@H](COP(=O)(O)OC[C@@]1(C)O[C@@H](c2ccc3c(N)ncnn23)[C@H](O)[C@@H]1O)OCc1ccc(C#N)cc1F. The first kappa shape index (κ1) is 46.7. The molecule has 0 spiro atoms. The van der Waals surface area contributed by atoms with E-state index in [4.69, 9.17) is 34.3 Å². The minimum atomic E-state index is -4.77. The molecule has 57 heavy (non-hydrogen) atoms. The van der Waals surface area contributed by atoms with Crippen molar-refractivity contribution < 1.29 is 47.3 Å². The number of fused-ring (bicyclic) bond motifs is 1. The first-order valence-corrected chi connectivity index (χ1v) is 22.1. The number of aromatic nitrogens is 3. The van der Waals surface area contributed by atoms with Crippen LogP contribution in [0.4, 0.5) is 10.2 Å². The summed E-state index contributed by atoms with van der Waals surface area (Å²) in [7, 11) is -4.77. The Bertz CT molecular complexity index is 1730. The Kier molecular flexibility index (Phi) is 19.8. The molecule has 6 atom stereocenters. The molecule has 0 amide bonds. The van der Waals surface area contributed by atoms with Gasteiger partial charge >= 0.3 is 7.82 Å². The Hall–Kier alpha value is -3.03. The van der Waals surface area contributed by atoms with Gasteiger partial charge in [-0.25, -0.2) is 18.5 Å². The standard InChI is InChI=1S/C41H63FN5O9P/c1-3-4-5-6-7-8-9-10-11-12-13-14-15-16-17-18-23-52-27-33(53-26-32-20-19-31(25-43)24-34(32)42)28-54-57(50,51)55-29-41(2)39(49)37(48)38(56-41)35-21-22-36-40(44)45-30-46-47(35)36/h19-22,24,30,33,37-39,48-49H,3-18,23,26-29H2,1-2H3,(H,50,51)(H2,44,45,46)/t33-,37+,38+,39+,41-/m1/s1. The summed E-state index contributed by atoms with van der Waals surface area (Å²) in [6.07, 6.45) is 16.5. The van der Waals surface area contributed by atoms with Crippen molar-refractivity contribution in [3.8, 4) is 6.07 Å². The molecule has 5 N–H and O–H groups in total. The predicted molar refractivity (Wildman–Crippen MR) is 213 cm³/mol. The third-order valence-corrected chi connectivity index (χ3v) is 11.4. The van der Waals surface area contributed by atoms with Crippen LogP contribution in [0.5, 0.6) is 0 Å². The highest BCUT2D eigenvalue weighted by Crippen LogP contribution is 2.47. The number of hydrogen-bond acceptors (Lipinski definition) is 12. The molecule has 16 heteroatoms. The van der Waals surface area contributed by atoms with Crippen LogP contribution in [-0.2, 0) is 34.4 Å². The number of phosphoric ester groups is 1. The number of nitrogens with zero attached hydrogens (tertiary/aromatic N) is 4. The number of anilines is 1. The molecule has 1 aromatic carbocycles. The van der Waals surface area contributed by atoms with Gasteiger partial charge < -0.3 is 35.1 Å². The van der Waals surface area contributed by atoms with Gasteiger partial charge in [-0.1, -0.05) is 109 Å². The van der Waals surface area contributed by atoms with Crippen LogP contribution in [0.1, 0.15) is 140 Å². The average molecular weight is 820 g/mol. The Labute approximate surface area is 336 Å². The Morgan fingerprint density at radius 3 is 2.21 bits per heavy atom. The molecule has 0 radical (unpaired) electrons. The van der Waals surface area contributed by atoms with Crippen LogP contribution in [0.25, 0.3) is 5.52 Å². The van der Waals surface area contributed by atoms with Crippen LogP contribution in [-0.4, -0.2) is 80.0 Å². The van der Waals surface area contributed by atoms with Gasteiger partial charge in [0.25, 0.3) is 0 Å². The molecule has 2 aromatic heterocycles. The van der Waals surface area contributed by atoms with Crippen molar-refractivity contribution in [2.45, 2.75) is 153 Å². The van der Waals surface area contributed by atoms with E-state index in [1.165, 1.54) is 113 Å². The van der Waals surface area contributed by atoms with Gasteiger partial charge in [-0.3, -0.25) is 9.05 Å². The number of rotatable bonds is 29. The van der Waals surface area contributed by atoms with E-state index in [0.717, 1.165) is 25.3 Å². The number of nitrogens with two attached hydrogens (primary N) is 1. The van der Waals surface area contributed by atoms with E-state index >= 15 is 0 Å². The molecular formula is C41H63FN5O9P. The van der Waals surface area contributed by atoms with Crippen LogP contribution in [0.15, 0.2) is 36.7 Å². The quantitative estimate of drug-likeness (QED) is 0.0389. The molecule has 0 aliphatic carbocycles. The van der Waals surface area contributed by atoms with E-state index < -0.39 is 56.9 Å². The number of phosphoric acid groups is 1. The summed E-state index contributed by atoms with van der Waals surface area (Å²) in [5, 5.41) is 35.0. The van der Waals surface area contributed by atoms with Crippen molar-refractivity contribution in [2.24, 2.45) is 0 Å². The fourth-order valence-electron chi connectivity index (χ4n) is 6.98. The van der Waals surface area contributed by atoms with Crippen molar-refractivity contribution in [1.29, 1.82) is 5.26 Å². The number of aliphatic hydroxyl groups excluding tert-OH is 2. The maximum Gasteiger partial charge on any atom is 0.472 e. The molecule has 1 saturated heterocycles. The lowest BCUT2D eigenvalue weighted by Crippen LogP contribution is -2.44. The van der Waals surface area contributed by atoms with E-state index in [9.17, 15) is 24.1 Å². The zero-order chi connectivity index (χ0) is 41.1. The van der Waals surface area contributed by atoms with Crippen LogP contribution >= 0.6 is 7.82 Å². The van der Waals surface area contributed by atoms with Crippen molar-refractivity contribution >= 4 is 19.2 Å². The lowest BCUT2D eigenvalue weighted by atomic mass is 9.97. The van der Waals surface area contributed by atoms with Gasteiger partial charge in [0, 0.05) is 12.2 Å². The summed E-state index contributed by atoms with van der Waals surface area (Å²) in [5.74, 6) is -0.407. The molecule has 3 heterocycles. The monoisotopic (exact) mass is 819 g/mol. The normalized spacial score (nSPS) is 21.2. The van der Waals surface area contributed by atoms with E-state index in [1.54, 1.807) is 12.1 Å². The molecule has 0 bridgehead atoms. The Morgan fingerprint density at radius 1 is 0.965 bits per heavy atom. The minimum Gasteiger partial charge on any atom is -0.387 e. The highest BCUT2D eigenvalue weighted by atomic mass is 31.2. The van der Waals surface area contributed by atoms with Crippen molar-refractivity contribution in [1.82, 2.24) is 14.6 Å². The summed E-state index contributed by atoms with van der Waals surface area (Å²) in [4.78, 5) is 14.6. The zero-order valence-electron chi connectivity index (χ0n) is 33.6. The molecule has 318 valence electrons. The maximum absolute atomic E-state index is 14.6. The molecule has 14 nitrogen and oxygen atoms in total. The third kappa shape index (κ3) is 14.9. The second kappa shape index (κ2) is 24.1. The van der Waals surface area contributed by atoms with Gasteiger partial charge in [-0.05, 0) is 37.6 Å². The van der Waals surface area contributed by atoms with Gasteiger partial charge in [0.05, 0.1) is 43.8 Å². The molecule has 0 saturated carbocycles. The number of hydrogen-bond donors (Lipinski definition) is 4. The molecule has 1 unspecified atom stereocenters. The van der Waals surface area contributed by atoms with E-state index in [1.807, 2.05) is 6.07 Å². The fraction of sp³-hybridized carbons (Fsp3) is 0.683. The van der Waals surface area contributed by atoms with Crippen LogP contribution in [0.3, 0.4) is 0 Å². The largest absolute Gasteiger partial charge is 0.472 e. The van der Waals surface area contributed by atoms with E-state index in [2.05, 4.69) is 17.0 Å². The number of aliphatic hydroxyl groups is 2. The summed E-state index contributed by atoms with van der Waals surface area (Å²) in [5.41, 5.74) is 5.53. The topological polar surface area (TPSA) is 204 Å². The Morgan fingerprint density at radius 2 is 1.60 bits per heavy atom. The lowest BCUT2D eigenvalue weighted by molar-refractivity contribution is -0.102. The van der Waals surface area contributed by atoms with Crippen LogP contribution < -0.4 is 5.73 Å². The van der Waals surface area contributed by atoms with Gasteiger partial charge in [0.1, 0.15) is 47.7 Å². The highest BCUT2D eigenvalue weighted by molar-refractivity contribution is 7.47. The van der Waals surface area contributed by atoms with E-state index in [0.29, 0.717) is 17.8 Å². The minimum absolute atomic E-state index is 0.00336. The number of ether oxygens (including phenoxy) is 3. The summed E-state index contributed by atoms with van der Waals surface area (Å²) < 4.78 is 57.3. The van der Waals surface area contributed by atoms with Gasteiger partial charge in [0.2, 0.25) is 0 Å². The maximum atomic E-state index is 14.6. The number of nitriles is 1. The summed E-state index contributed by atoms with van der Waals surface area (Å²) >= 11 is 0. The molecule has 3 aromatic rings. The first-order valence-electron chi connectivity index (χ1n) is 20.6. The number of benzene rings is 1. The predicted octanol–water partition coefficient (Wildman–Crippen LogP) is 7.87. The van der Waals surface area contributed by atoms with Gasteiger partial charge in [-0.15, -0.1) is 0 Å². The van der Waals surface area contributed by atoms with Crippen molar-refractivity contribution in [3.63, 3.8) is 0 Å². The number of nitrogen functional groups attached to an aromatic ring is 1. The molecule has 4 rings (SSSR count). The average Bonchev–Trinajstić information content (AvgIpc) is 3.73. The second-order valence-corrected chi connectivity index (χ2v) is 16.7. The van der Waals surface area contributed by atoms with Crippen molar-refractivity contribution in [2.75, 3.05) is 32.2 Å². The lowest BCUT2D eigenvalue weighted by Gasteiger charge is -2.28. The third-order valence-electron chi connectivity index (χ3n) is 10.5. The van der Waals surface area contributed by atoms with Gasteiger partial charge in [-0.2, -0.15) is 10.4 Å². The van der Waals surface area contributed by atoms with E-state index in [-0.39, 0.29) is 30.2 Å². The van der Waals surface area contributed by atoms with Gasteiger partial charge in [0.15, 0.2) is 5.82 Å². The fourth-order valence-corrected chi connectivity index (χ4v) is 7.83. The summed E-state index contributed by atoms with van der Waals surface area (Å²) in [6.45, 7) is 2.88. The second-order valence-electron chi connectivity index (χ2n) is 15.3. The highest BCUT2D eigenvalue weighted by Gasteiger charge is 2.53. The first-order chi connectivity index (χ1) is 27.5. The number of unbranched alkanes of at least 4 members (excludes halogenated alkanes) is 15. The van der Waals surface area contributed by atoms with Crippen LogP contribution in [0.2, 0.25) is 0 Å². The van der Waals surface area contributed by atoms with Crippen LogP contribution in [0, 0.1) is 17.1 Å². The van der Waals surface area contributed by atoms with Crippen molar-refractivity contribution in [3.05, 3.63) is 59.3 Å². The molecule has 1 aliphatic rings. The molecular weight excluding hydrogens is 756 g/mol. The summed E-state index contributed by atoms with van der Waals surface area (Å²) in [6, 6.07) is 9.18. The molecule has 1 aliphatic heterocycles. The smallest absolute Gasteiger partial charge is 0.387 e.